The van der Waals surface area contributed by atoms with E-state index in [-0.39, 0.29) is 5.91 Å². The molecule has 7 heteroatoms. The van der Waals surface area contributed by atoms with Crippen LogP contribution in [-0.4, -0.2) is 46.8 Å². The van der Waals surface area contributed by atoms with Crippen molar-refractivity contribution in [3.63, 3.8) is 0 Å². The van der Waals surface area contributed by atoms with Crippen LogP contribution in [0.25, 0.3) is 17.1 Å². The van der Waals surface area contributed by atoms with Gasteiger partial charge in [-0.3, -0.25) is 4.79 Å². The molecule has 5 rings (SSSR count). The first-order valence-corrected chi connectivity index (χ1v) is 11.0. The number of carbonyl (C=O) groups is 1. The van der Waals surface area contributed by atoms with Gasteiger partial charge in [0.05, 0.1) is 17.0 Å². The number of aryl methyl sites for hydroxylation is 1. The van der Waals surface area contributed by atoms with E-state index in [1.807, 2.05) is 35.2 Å². The summed E-state index contributed by atoms with van der Waals surface area (Å²) in [5.41, 5.74) is 4.19. The number of aromatic nitrogens is 2. The van der Waals surface area contributed by atoms with Gasteiger partial charge in [0.25, 0.3) is 5.91 Å². The second-order valence-electron chi connectivity index (χ2n) is 7.82. The Morgan fingerprint density at radius 2 is 1.66 bits per heavy atom. The van der Waals surface area contributed by atoms with E-state index in [2.05, 4.69) is 35.1 Å². The number of carbonyl (C=O) groups excluding carboxylic acids is 1. The van der Waals surface area contributed by atoms with Gasteiger partial charge < -0.3 is 14.2 Å². The summed E-state index contributed by atoms with van der Waals surface area (Å²) in [5, 5.41) is 5.18. The third-order valence-electron chi connectivity index (χ3n) is 5.81. The summed E-state index contributed by atoms with van der Waals surface area (Å²) in [6.07, 6.45) is 1.59. The Morgan fingerprint density at radius 3 is 2.34 bits per heavy atom. The molecule has 0 atom stereocenters. The Hall–Kier alpha value is -3.51. The molecule has 1 fully saturated rings. The van der Waals surface area contributed by atoms with Crippen molar-refractivity contribution >= 4 is 23.2 Å². The molecule has 162 valence electrons. The van der Waals surface area contributed by atoms with E-state index < -0.39 is 0 Å². The molecule has 0 spiro atoms. The first-order valence-electron chi connectivity index (χ1n) is 10.6. The number of hydrogen-bond acceptors (Lipinski definition) is 4. The highest BCUT2D eigenvalue weighted by Crippen LogP contribution is 2.27. The lowest BCUT2D eigenvalue weighted by molar-refractivity contribution is 0.0737. The van der Waals surface area contributed by atoms with Crippen LogP contribution in [0.5, 0.6) is 0 Å². The Labute approximate surface area is 191 Å². The topological polar surface area (TPSA) is 54.5 Å². The van der Waals surface area contributed by atoms with Crippen LogP contribution in [0.2, 0.25) is 5.02 Å². The SMILES string of the molecule is Cc1ccccc1N1CCN(C(=O)c2cc(-c3ccco3)nn2-c2ccccc2Cl)CC1. The summed E-state index contributed by atoms with van der Waals surface area (Å²) in [6.45, 7) is 4.95. The van der Waals surface area contributed by atoms with E-state index in [0.717, 1.165) is 13.1 Å². The molecule has 2 aromatic carbocycles. The van der Waals surface area contributed by atoms with Crippen LogP contribution < -0.4 is 4.90 Å². The smallest absolute Gasteiger partial charge is 0.272 e. The number of hydrogen-bond donors (Lipinski definition) is 0. The number of nitrogens with zero attached hydrogens (tertiary/aromatic N) is 4. The van der Waals surface area contributed by atoms with Gasteiger partial charge in [-0.1, -0.05) is 41.9 Å². The number of furan rings is 1. The molecule has 4 aromatic rings. The molecule has 0 bridgehead atoms. The molecule has 32 heavy (non-hydrogen) atoms. The molecule has 1 aliphatic heterocycles. The summed E-state index contributed by atoms with van der Waals surface area (Å²) in [4.78, 5) is 17.8. The Bertz CT molecular complexity index is 1240. The normalized spacial score (nSPS) is 14.1. The Balaban J connectivity index is 1.43. The summed E-state index contributed by atoms with van der Waals surface area (Å²) in [5.74, 6) is 0.536. The lowest BCUT2D eigenvalue weighted by Gasteiger charge is -2.36. The molecule has 2 aromatic heterocycles. The van der Waals surface area contributed by atoms with E-state index >= 15 is 0 Å². The van der Waals surface area contributed by atoms with Gasteiger partial charge in [0.1, 0.15) is 11.4 Å². The molecule has 0 unspecified atom stereocenters. The summed E-state index contributed by atoms with van der Waals surface area (Å²) < 4.78 is 7.13. The standard InChI is InChI=1S/C25H23ClN4O2/c1-18-7-2-4-9-21(18)28-12-14-29(15-13-28)25(31)23-17-20(24-11-6-16-32-24)27-30(23)22-10-5-3-8-19(22)26/h2-11,16-17H,12-15H2,1H3. The second-order valence-corrected chi connectivity index (χ2v) is 8.23. The van der Waals surface area contributed by atoms with Gasteiger partial charge in [-0.05, 0) is 42.8 Å². The average molecular weight is 447 g/mol. The van der Waals surface area contributed by atoms with Crippen molar-refractivity contribution in [2.45, 2.75) is 6.92 Å². The monoisotopic (exact) mass is 446 g/mol. The molecule has 1 saturated heterocycles. The van der Waals surface area contributed by atoms with E-state index in [1.54, 1.807) is 29.1 Å². The Morgan fingerprint density at radius 1 is 0.938 bits per heavy atom. The van der Waals surface area contributed by atoms with Gasteiger partial charge in [0.15, 0.2) is 5.76 Å². The molecule has 1 aliphatic rings. The predicted octanol–water partition coefficient (Wildman–Crippen LogP) is 5.06. The van der Waals surface area contributed by atoms with Gasteiger partial charge in [-0.2, -0.15) is 5.10 Å². The van der Waals surface area contributed by atoms with Crippen molar-refractivity contribution in [2.75, 3.05) is 31.1 Å². The van der Waals surface area contributed by atoms with E-state index in [9.17, 15) is 4.79 Å². The highest BCUT2D eigenvalue weighted by Gasteiger charge is 2.27. The summed E-state index contributed by atoms with van der Waals surface area (Å²) >= 11 is 6.44. The fourth-order valence-corrected chi connectivity index (χ4v) is 4.33. The number of benzene rings is 2. The minimum absolute atomic E-state index is 0.0698. The highest BCUT2D eigenvalue weighted by molar-refractivity contribution is 6.32. The Kier molecular flexibility index (Phi) is 5.45. The van der Waals surface area contributed by atoms with E-state index in [4.69, 9.17) is 16.0 Å². The predicted molar refractivity (Wildman–Crippen MR) is 126 cm³/mol. The number of para-hydroxylation sites is 2. The number of halogens is 1. The summed E-state index contributed by atoms with van der Waals surface area (Å²) in [6, 6.07) is 21.1. The van der Waals surface area contributed by atoms with Crippen LogP contribution in [-0.2, 0) is 0 Å². The number of anilines is 1. The van der Waals surface area contributed by atoms with E-state index in [0.29, 0.717) is 40.9 Å². The maximum Gasteiger partial charge on any atom is 0.272 e. The van der Waals surface area contributed by atoms with Gasteiger partial charge in [0, 0.05) is 37.9 Å². The van der Waals surface area contributed by atoms with Crippen LogP contribution in [0.3, 0.4) is 0 Å². The third kappa shape index (κ3) is 3.78. The molecule has 0 radical (unpaired) electrons. The van der Waals surface area contributed by atoms with Crippen molar-refractivity contribution in [3.8, 4) is 17.1 Å². The highest BCUT2D eigenvalue weighted by atomic mass is 35.5. The van der Waals surface area contributed by atoms with Crippen LogP contribution >= 0.6 is 11.6 Å². The van der Waals surface area contributed by atoms with Gasteiger partial charge in [0.2, 0.25) is 0 Å². The van der Waals surface area contributed by atoms with Crippen molar-refractivity contribution in [1.29, 1.82) is 0 Å². The fraction of sp³-hybridized carbons (Fsp3) is 0.200. The average Bonchev–Trinajstić information content (AvgIpc) is 3.50. The zero-order chi connectivity index (χ0) is 22.1. The van der Waals surface area contributed by atoms with Crippen LogP contribution in [0, 0.1) is 6.92 Å². The second kappa shape index (κ2) is 8.55. The number of amides is 1. The van der Waals surface area contributed by atoms with Crippen LogP contribution in [0.1, 0.15) is 16.1 Å². The molecular weight excluding hydrogens is 424 g/mol. The van der Waals surface area contributed by atoms with Gasteiger partial charge in [-0.15, -0.1) is 0 Å². The molecule has 3 heterocycles. The molecule has 0 N–H and O–H groups in total. The first kappa shape index (κ1) is 20.4. The van der Waals surface area contributed by atoms with Crippen molar-refractivity contribution < 1.29 is 9.21 Å². The fourth-order valence-electron chi connectivity index (χ4n) is 4.12. The van der Waals surface area contributed by atoms with Crippen molar-refractivity contribution in [1.82, 2.24) is 14.7 Å². The van der Waals surface area contributed by atoms with Crippen LogP contribution in [0.4, 0.5) is 5.69 Å². The molecule has 0 aliphatic carbocycles. The van der Waals surface area contributed by atoms with E-state index in [1.165, 1.54) is 11.3 Å². The largest absolute Gasteiger partial charge is 0.463 e. The van der Waals surface area contributed by atoms with Gasteiger partial charge in [-0.25, -0.2) is 4.68 Å². The molecule has 6 nitrogen and oxygen atoms in total. The maximum absolute atomic E-state index is 13.6. The molecule has 1 amide bonds. The minimum Gasteiger partial charge on any atom is -0.463 e. The first-order chi connectivity index (χ1) is 15.6. The minimum atomic E-state index is -0.0698. The zero-order valence-corrected chi connectivity index (χ0v) is 18.5. The molecule has 0 saturated carbocycles. The molecular formula is C25H23ClN4O2. The number of rotatable bonds is 4. The zero-order valence-electron chi connectivity index (χ0n) is 17.7. The summed E-state index contributed by atoms with van der Waals surface area (Å²) in [7, 11) is 0. The van der Waals surface area contributed by atoms with Gasteiger partial charge >= 0.3 is 0 Å². The van der Waals surface area contributed by atoms with Crippen molar-refractivity contribution in [2.24, 2.45) is 0 Å². The third-order valence-corrected chi connectivity index (χ3v) is 6.13. The number of piperazine rings is 1. The lowest BCUT2D eigenvalue weighted by atomic mass is 10.1. The lowest BCUT2D eigenvalue weighted by Crippen LogP contribution is -2.49. The quantitative estimate of drug-likeness (QED) is 0.440. The maximum atomic E-state index is 13.6. The van der Waals surface area contributed by atoms with Crippen molar-refractivity contribution in [3.05, 3.63) is 89.3 Å². The van der Waals surface area contributed by atoms with Crippen LogP contribution in [0.15, 0.2) is 77.4 Å².